The summed E-state index contributed by atoms with van der Waals surface area (Å²) in [6.45, 7) is 8.57. The summed E-state index contributed by atoms with van der Waals surface area (Å²) >= 11 is 0. The Morgan fingerprint density at radius 1 is 0.820 bits per heavy atom. The van der Waals surface area contributed by atoms with E-state index in [9.17, 15) is 19.6 Å². The van der Waals surface area contributed by atoms with Crippen molar-refractivity contribution in [1.29, 1.82) is 0 Å². The summed E-state index contributed by atoms with van der Waals surface area (Å²) in [7, 11) is 0. The lowest BCUT2D eigenvalue weighted by atomic mass is 9.63. The first-order valence-electron chi connectivity index (χ1n) is 16.6. The maximum atomic E-state index is 13.4. The summed E-state index contributed by atoms with van der Waals surface area (Å²) < 4.78 is 10.3. The number of carbonyl (C=O) groups excluding carboxylic acids is 3. The van der Waals surface area contributed by atoms with E-state index < -0.39 is 24.5 Å². The lowest BCUT2D eigenvalue weighted by Crippen LogP contribution is -2.43. The molecule has 1 aliphatic rings. The number of nitrogens with zero attached hydrogens (tertiary/aromatic N) is 2. The molecule has 0 aliphatic heterocycles. The van der Waals surface area contributed by atoms with Crippen LogP contribution in [0.5, 0.6) is 0 Å². The van der Waals surface area contributed by atoms with Crippen LogP contribution in [0.15, 0.2) is 108 Å². The zero-order valence-corrected chi connectivity index (χ0v) is 28.6. The highest BCUT2D eigenvalue weighted by Crippen LogP contribution is 2.46. The van der Waals surface area contributed by atoms with Crippen molar-refractivity contribution in [2.75, 3.05) is 5.32 Å². The fourth-order valence-corrected chi connectivity index (χ4v) is 6.37. The Balaban J connectivity index is 1.14. The van der Waals surface area contributed by atoms with Crippen LogP contribution in [0.1, 0.15) is 83.6 Å². The van der Waals surface area contributed by atoms with Crippen LogP contribution in [-0.4, -0.2) is 29.0 Å². The zero-order chi connectivity index (χ0) is 35.5. The summed E-state index contributed by atoms with van der Waals surface area (Å²) in [4.78, 5) is 40.2. The fourth-order valence-electron chi connectivity index (χ4n) is 6.37. The van der Waals surface area contributed by atoms with Crippen LogP contribution < -0.4 is 15.5 Å². The zero-order valence-electron chi connectivity index (χ0n) is 28.6. The second kappa shape index (κ2) is 14.0. The molecule has 1 aliphatic carbocycles. The molecule has 0 bridgehead atoms. The topological polar surface area (TPSA) is 137 Å². The Morgan fingerprint density at radius 2 is 1.42 bits per heavy atom. The molecule has 10 nitrogen and oxygen atoms in total. The van der Waals surface area contributed by atoms with Gasteiger partial charge in [0.25, 0.3) is 17.5 Å². The number of aromatic nitrogens is 2. The predicted molar refractivity (Wildman–Crippen MR) is 188 cm³/mol. The monoisotopic (exact) mass is 672 g/mol. The van der Waals surface area contributed by atoms with E-state index in [4.69, 9.17) is 9.37 Å². The van der Waals surface area contributed by atoms with E-state index in [1.165, 1.54) is 23.3 Å². The van der Waals surface area contributed by atoms with Gasteiger partial charge in [-0.3, -0.25) is 14.2 Å². The highest BCUT2D eigenvalue weighted by Gasteiger charge is 2.37. The Bertz CT molecular complexity index is 2000. The van der Waals surface area contributed by atoms with Gasteiger partial charge >= 0.3 is 5.97 Å². The van der Waals surface area contributed by atoms with Crippen molar-refractivity contribution in [3.63, 3.8) is 0 Å². The van der Waals surface area contributed by atoms with Gasteiger partial charge in [-0.25, -0.2) is 4.79 Å². The Morgan fingerprint density at radius 3 is 2.08 bits per heavy atom. The van der Waals surface area contributed by atoms with Crippen LogP contribution >= 0.6 is 0 Å². The van der Waals surface area contributed by atoms with Gasteiger partial charge in [-0.05, 0) is 81.7 Å². The summed E-state index contributed by atoms with van der Waals surface area (Å²) in [6, 6.07) is 29.4. The van der Waals surface area contributed by atoms with Crippen molar-refractivity contribution < 1.29 is 28.7 Å². The minimum Gasteiger partial charge on any atom is -0.455 e. The number of ether oxygens (including phenoxy) is 1. The Kier molecular flexibility index (Phi) is 9.54. The van der Waals surface area contributed by atoms with E-state index in [0.29, 0.717) is 16.8 Å². The molecule has 0 unspecified atom stereocenters. The van der Waals surface area contributed by atoms with Crippen LogP contribution in [-0.2, 0) is 33.4 Å². The second-order valence-corrected chi connectivity index (χ2v) is 14.0. The molecule has 0 saturated heterocycles. The number of esters is 1. The number of hydrogen-bond donors (Lipinski definition) is 2. The SMILES string of the molecule is CC1(C)CCC(C)(C)c2cc(NC(=O)c3ccc(C(=O)N[C@@H](Cc4ccccc4)C(=O)OCc4c(-c5ccccc5)no[n+]4[O-])cc3)ccc21. The van der Waals surface area contributed by atoms with Crippen LogP contribution in [0.2, 0.25) is 0 Å². The predicted octanol–water partition coefficient (Wildman–Crippen LogP) is 6.66. The standard InChI is InChI=1S/C40H40N4O6/c1-39(2)21-22-40(3,4)32-24-30(19-20-31(32)39)41-36(45)28-15-17-29(18-16-28)37(46)42-33(23-26-11-7-5-8-12-26)38(47)49-25-34-35(43-50-44(34)48)27-13-9-6-10-14-27/h5-20,24,33H,21-23,25H2,1-4H3,(H,41,45)(H,42,46)/t33-/m0/s1. The average molecular weight is 673 g/mol. The maximum absolute atomic E-state index is 13.4. The fraction of sp³-hybridized carbons (Fsp3) is 0.275. The molecule has 4 aromatic carbocycles. The maximum Gasteiger partial charge on any atom is 0.329 e. The van der Waals surface area contributed by atoms with Gasteiger partial charge < -0.3 is 20.6 Å². The van der Waals surface area contributed by atoms with Gasteiger partial charge in [0, 0.05) is 34.0 Å². The molecule has 0 saturated carbocycles. The molecule has 50 heavy (non-hydrogen) atoms. The van der Waals surface area contributed by atoms with Crippen molar-refractivity contribution in [2.45, 2.75) is 70.4 Å². The minimum absolute atomic E-state index is 0.00486. The van der Waals surface area contributed by atoms with E-state index in [1.54, 1.807) is 36.4 Å². The van der Waals surface area contributed by atoms with Crippen molar-refractivity contribution in [3.05, 3.63) is 142 Å². The van der Waals surface area contributed by atoms with Crippen molar-refractivity contribution in [2.24, 2.45) is 0 Å². The number of nitrogens with one attached hydrogen (secondary N) is 2. The number of hydrogen-bond acceptors (Lipinski definition) is 7. The molecular weight excluding hydrogens is 632 g/mol. The normalized spacial score (nSPS) is 15.0. The van der Waals surface area contributed by atoms with E-state index in [-0.39, 0.29) is 45.0 Å². The molecule has 1 aromatic heterocycles. The second-order valence-electron chi connectivity index (χ2n) is 14.0. The highest BCUT2D eigenvalue weighted by molar-refractivity contribution is 6.05. The number of benzene rings is 4. The molecule has 256 valence electrons. The van der Waals surface area contributed by atoms with Gasteiger partial charge in [0.15, 0.2) is 6.61 Å². The third kappa shape index (κ3) is 7.44. The molecule has 1 atom stereocenters. The van der Waals surface area contributed by atoms with Gasteiger partial charge in [0.1, 0.15) is 6.04 Å². The molecule has 2 amide bonds. The Hall–Kier alpha value is -5.77. The largest absolute Gasteiger partial charge is 0.455 e. The van der Waals surface area contributed by atoms with E-state index in [1.807, 2.05) is 42.5 Å². The number of carbonyl (C=O) groups is 3. The Labute approximate surface area is 291 Å². The molecule has 0 fully saturated rings. The summed E-state index contributed by atoms with van der Waals surface area (Å²) in [5.41, 5.74) is 5.67. The lowest BCUT2D eigenvalue weighted by molar-refractivity contribution is -0.808. The molecule has 2 N–H and O–H groups in total. The molecular formula is C40H40N4O6. The quantitative estimate of drug-likeness (QED) is 0.125. The van der Waals surface area contributed by atoms with Gasteiger partial charge in [0.2, 0.25) is 5.69 Å². The minimum atomic E-state index is -1.08. The van der Waals surface area contributed by atoms with Crippen LogP contribution in [0.25, 0.3) is 11.3 Å². The molecule has 1 heterocycles. The summed E-state index contributed by atoms with van der Waals surface area (Å²) in [6.07, 6.45) is 2.31. The molecule has 0 radical (unpaired) electrons. The van der Waals surface area contributed by atoms with Crippen molar-refractivity contribution in [1.82, 2.24) is 10.5 Å². The van der Waals surface area contributed by atoms with Crippen molar-refractivity contribution >= 4 is 23.5 Å². The van der Waals surface area contributed by atoms with Gasteiger partial charge in [-0.1, -0.05) is 94.4 Å². The third-order valence-corrected chi connectivity index (χ3v) is 9.49. The van der Waals surface area contributed by atoms with Crippen molar-refractivity contribution in [3.8, 4) is 11.3 Å². The average Bonchev–Trinajstić information content (AvgIpc) is 3.49. The van der Waals surface area contributed by atoms with Crippen LogP contribution in [0.3, 0.4) is 0 Å². The molecule has 0 spiro atoms. The first kappa shape index (κ1) is 34.1. The number of amides is 2. The smallest absolute Gasteiger partial charge is 0.329 e. The third-order valence-electron chi connectivity index (χ3n) is 9.49. The summed E-state index contributed by atoms with van der Waals surface area (Å²) in [5, 5.41) is 21.9. The highest BCUT2D eigenvalue weighted by atomic mass is 16.8. The first-order chi connectivity index (χ1) is 23.9. The van der Waals surface area contributed by atoms with Gasteiger partial charge in [0.05, 0.1) is 0 Å². The number of anilines is 1. The summed E-state index contributed by atoms with van der Waals surface area (Å²) in [5.74, 6) is -1.56. The lowest BCUT2D eigenvalue weighted by Gasteiger charge is -2.42. The molecule has 10 heteroatoms. The number of rotatable bonds is 10. The van der Waals surface area contributed by atoms with E-state index >= 15 is 0 Å². The van der Waals surface area contributed by atoms with Gasteiger partial charge in [-0.15, -0.1) is 0 Å². The number of fused-ring (bicyclic) bond motifs is 1. The molecule has 5 aromatic rings. The van der Waals surface area contributed by atoms with Gasteiger partial charge in [-0.2, -0.15) is 0 Å². The molecule has 6 rings (SSSR count). The first-order valence-corrected chi connectivity index (χ1v) is 16.6. The van der Waals surface area contributed by atoms with E-state index in [2.05, 4.69) is 55.6 Å². The van der Waals surface area contributed by atoms with Crippen LogP contribution in [0, 0.1) is 5.21 Å². The van der Waals surface area contributed by atoms with E-state index in [0.717, 1.165) is 18.4 Å². The van der Waals surface area contributed by atoms with Crippen LogP contribution in [0.4, 0.5) is 5.69 Å².